The number of carbonyl (C=O) groups excluding carboxylic acids is 1. The maximum atomic E-state index is 12.2. The molecule has 2 aromatic heterocycles. The Balaban J connectivity index is 1.46. The lowest BCUT2D eigenvalue weighted by atomic mass is 10.0. The second kappa shape index (κ2) is 6.80. The molecule has 1 aliphatic rings. The normalized spacial score (nSPS) is 15.4. The lowest BCUT2D eigenvalue weighted by Crippen LogP contribution is -2.34. The van der Waals surface area contributed by atoms with Crippen LogP contribution < -0.4 is 10.1 Å². The number of nitrogens with one attached hydrogen (secondary N) is 1. The highest BCUT2D eigenvalue weighted by Crippen LogP contribution is 2.39. The zero-order valence-electron chi connectivity index (χ0n) is 14.0. The molecule has 0 radical (unpaired) electrons. The van der Waals surface area contributed by atoms with Crippen LogP contribution in [-0.4, -0.2) is 28.5 Å². The minimum atomic E-state index is -0.251. The van der Waals surface area contributed by atoms with Gasteiger partial charge in [-0.05, 0) is 25.1 Å². The third kappa shape index (κ3) is 3.15. The Bertz CT molecular complexity index is 956. The molecular formula is C19H16ClN3O3. The van der Waals surface area contributed by atoms with E-state index in [2.05, 4.69) is 15.3 Å². The van der Waals surface area contributed by atoms with Crippen LogP contribution in [0.3, 0.4) is 0 Å². The first-order valence-corrected chi connectivity index (χ1v) is 8.57. The standard InChI is InChI=1S/C19H16ClN3O3/c1-11-2-5-25-17(11)19(24)23-9-14-7-13-6-12(8-15(20)18(13)26-14)16-10-21-3-4-22-16/h2-6,8,10,14H,7,9H2,1H3,(H,23,24)/t14-/m1/s1. The van der Waals surface area contributed by atoms with E-state index in [0.29, 0.717) is 29.5 Å². The number of hydrogen-bond donors (Lipinski definition) is 1. The zero-order chi connectivity index (χ0) is 18.1. The molecule has 0 saturated carbocycles. The number of amides is 1. The Labute approximate surface area is 155 Å². The minimum absolute atomic E-state index is 0.182. The van der Waals surface area contributed by atoms with Crippen molar-refractivity contribution < 1.29 is 13.9 Å². The van der Waals surface area contributed by atoms with E-state index in [-0.39, 0.29) is 12.0 Å². The fourth-order valence-corrected chi connectivity index (χ4v) is 3.27. The van der Waals surface area contributed by atoms with E-state index < -0.39 is 0 Å². The number of ether oxygens (including phenoxy) is 1. The van der Waals surface area contributed by atoms with Crippen molar-refractivity contribution in [1.29, 1.82) is 0 Å². The minimum Gasteiger partial charge on any atom is -0.486 e. The van der Waals surface area contributed by atoms with Crippen LogP contribution in [-0.2, 0) is 6.42 Å². The first-order chi connectivity index (χ1) is 12.6. The van der Waals surface area contributed by atoms with Gasteiger partial charge in [0.1, 0.15) is 11.9 Å². The number of halogens is 1. The van der Waals surface area contributed by atoms with Gasteiger partial charge >= 0.3 is 0 Å². The molecule has 1 aromatic carbocycles. The van der Waals surface area contributed by atoms with Crippen LogP contribution in [0.4, 0.5) is 0 Å². The first-order valence-electron chi connectivity index (χ1n) is 8.19. The van der Waals surface area contributed by atoms with E-state index in [0.717, 1.165) is 22.4 Å². The Kier molecular flexibility index (Phi) is 4.34. The van der Waals surface area contributed by atoms with Gasteiger partial charge in [-0.15, -0.1) is 0 Å². The molecule has 7 heteroatoms. The predicted molar refractivity (Wildman–Crippen MR) is 96.4 cm³/mol. The lowest BCUT2D eigenvalue weighted by molar-refractivity contribution is 0.0905. The van der Waals surface area contributed by atoms with Crippen LogP contribution in [0.2, 0.25) is 5.02 Å². The molecule has 1 amide bonds. The fourth-order valence-electron chi connectivity index (χ4n) is 2.99. The molecule has 0 unspecified atom stereocenters. The number of aryl methyl sites for hydroxylation is 1. The van der Waals surface area contributed by atoms with E-state index >= 15 is 0 Å². The predicted octanol–water partition coefficient (Wildman–Crippen LogP) is 3.43. The second-order valence-corrected chi connectivity index (χ2v) is 6.53. The number of furan rings is 1. The van der Waals surface area contributed by atoms with Gasteiger partial charge in [-0.25, -0.2) is 0 Å². The Morgan fingerprint density at radius 1 is 1.38 bits per heavy atom. The fraction of sp³-hybridized carbons (Fsp3) is 0.211. The van der Waals surface area contributed by atoms with Crippen LogP contribution in [0.15, 0.2) is 47.5 Å². The van der Waals surface area contributed by atoms with Gasteiger partial charge in [0.2, 0.25) is 0 Å². The molecule has 3 aromatic rings. The summed E-state index contributed by atoms with van der Waals surface area (Å²) in [6, 6.07) is 5.58. The molecule has 0 saturated heterocycles. The molecule has 6 nitrogen and oxygen atoms in total. The molecule has 0 fully saturated rings. The third-order valence-electron chi connectivity index (χ3n) is 4.27. The molecular weight excluding hydrogens is 354 g/mol. The largest absolute Gasteiger partial charge is 0.486 e. The molecule has 132 valence electrons. The van der Waals surface area contributed by atoms with Gasteiger partial charge in [0.05, 0.1) is 29.7 Å². The summed E-state index contributed by atoms with van der Waals surface area (Å²) in [6.45, 7) is 2.19. The van der Waals surface area contributed by atoms with Gasteiger partial charge in [-0.2, -0.15) is 0 Å². The monoisotopic (exact) mass is 369 g/mol. The highest BCUT2D eigenvalue weighted by Gasteiger charge is 2.27. The summed E-state index contributed by atoms with van der Waals surface area (Å²) in [5.74, 6) is 0.731. The van der Waals surface area contributed by atoms with Crippen molar-refractivity contribution in [2.24, 2.45) is 0 Å². The quantitative estimate of drug-likeness (QED) is 0.762. The van der Waals surface area contributed by atoms with Crippen LogP contribution in [0.5, 0.6) is 5.75 Å². The number of rotatable bonds is 4. The molecule has 1 aliphatic heterocycles. The summed E-state index contributed by atoms with van der Waals surface area (Å²) in [6.07, 6.45) is 6.93. The van der Waals surface area contributed by atoms with Crippen molar-refractivity contribution in [1.82, 2.24) is 15.3 Å². The third-order valence-corrected chi connectivity index (χ3v) is 4.55. The smallest absolute Gasteiger partial charge is 0.287 e. The molecule has 26 heavy (non-hydrogen) atoms. The van der Waals surface area contributed by atoms with Gasteiger partial charge in [0, 0.05) is 35.5 Å². The lowest BCUT2D eigenvalue weighted by Gasteiger charge is -2.12. The first kappa shape index (κ1) is 16.6. The van der Waals surface area contributed by atoms with E-state index in [4.69, 9.17) is 20.8 Å². The summed E-state index contributed by atoms with van der Waals surface area (Å²) in [4.78, 5) is 20.5. The average molecular weight is 370 g/mol. The maximum Gasteiger partial charge on any atom is 0.287 e. The summed E-state index contributed by atoms with van der Waals surface area (Å²) >= 11 is 6.38. The zero-order valence-corrected chi connectivity index (χ0v) is 14.8. The molecule has 4 rings (SSSR count). The number of fused-ring (bicyclic) bond motifs is 1. The highest BCUT2D eigenvalue weighted by molar-refractivity contribution is 6.32. The highest BCUT2D eigenvalue weighted by atomic mass is 35.5. The number of benzene rings is 1. The summed E-state index contributed by atoms with van der Waals surface area (Å²) in [7, 11) is 0. The molecule has 1 N–H and O–H groups in total. The van der Waals surface area contributed by atoms with Gasteiger partial charge in [-0.3, -0.25) is 14.8 Å². The van der Waals surface area contributed by atoms with Crippen molar-refractivity contribution >= 4 is 17.5 Å². The summed E-state index contributed by atoms with van der Waals surface area (Å²) in [5.41, 5.74) is 3.44. The maximum absolute atomic E-state index is 12.2. The van der Waals surface area contributed by atoms with E-state index in [1.807, 2.05) is 19.1 Å². The van der Waals surface area contributed by atoms with Gasteiger partial charge in [0.15, 0.2) is 5.76 Å². The van der Waals surface area contributed by atoms with Crippen LogP contribution in [0.1, 0.15) is 21.7 Å². The average Bonchev–Trinajstić information content (AvgIpc) is 3.26. The van der Waals surface area contributed by atoms with Gasteiger partial charge < -0.3 is 14.5 Å². The number of aromatic nitrogens is 2. The molecule has 0 aliphatic carbocycles. The summed E-state index contributed by atoms with van der Waals surface area (Å²) < 4.78 is 11.1. The topological polar surface area (TPSA) is 77.3 Å². The Morgan fingerprint density at radius 3 is 3.00 bits per heavy atom. The van der Waals surface area contributed by atoms with Crippen molar-refractivity contribution in [3.63, 3.8) is 0 Å². The molecule has 0 spiro atoms. The van der Waals surface area contributed by atoms with Crippen LogP contribution in [0, 0.1) is 6.92 Å². The van der Waals surface area contributed by atoms with Crippen molar-refractivity contribution in [3.05, 3.63) is 65.0 Å². The Hall–Kier alpha value is -2.86. The molecule has 0 bridgehead atoms. The van der Waals surface area contributed by atoms with E-state index in [1.54, 1.807) is 24.7 Å². The van der Waals surface area contributed by atoms with Crippen molar-refractivity contribution in [2.45, 2.75) is 19.4 Å². The SMILES string of the molecule is Cc1ccoc1C(=O)NC[C@H]1Cc2cc(-c3cnccn3)cc(Cl)c2O1. The number of hydrogen-bond acceptors (Lipinski definition) is 5. The van der Waals surface area contributed by atoms with E-state index in [9.17, 15) is 4.79 Å². The number of carbonyl (C=O) groups is 1. The van der Waals surface area contributed by atoms with E-state index in [1.165, 1.54) is 6.26 Å². The van der Waals surface area contributed by atoms with Gasteiger partial charge in [-0.1, -0.05) is 11.6 Å². The van der Waals surface area contributed by atoms with Crippen molar-refractivity contribution in [2.75, 3.05) is 6.54 Å². The van der Waals surface area contributed by atoms with Crippen molar-refractivity contribution in [3.8, 4) is 17.0 Å². The van der Waals surface area contributed by atoms with Crippen LogP contribution >= 0.6 is 11.6 Å². The number of nitrogens with zero attached hydrogens (tertiary/aromatic N) is 2. The van der Waals surface area contributed by atoms with Gasteiger partial charge in [0.25, 0.3) is 5.91 Å². The Morgan fingerprint density at radius 2 is 2.27 bits per heavy atom. The van der Waals surface area contributed by atoms with Crippen LogP contribution in [0.25, 0.3) is 11.3 Å². The molecule has 1 atom stereocenters. The second-order valence-electron chi connectivity index (χ2n) is 6.12. The molecule has 3 heterocycles. The summed E-state index contributed by atoms with van der Waals surface area (Å²) in [5, 5.41) is 3.37.